The molecule has 8 rings (SSSR count). The van der Waals surface area contributed by atoms with E-state index in [-0.39, 0.29) is 129 Å². The van der Waals surface area contributed by atoms with Gasteiger partial charge in [-0.15, -0.1) is 0 Å². The van der Waals surface area contributed by atoms with Gasteiger partial charge in [0.15, 0.2) is 35.5 Å². The minimum absolute atomic E-state index is 0.00164. The van der Waals surface area contributed by atoms with E-state index in [4.69, 9.17) is 37.9 Å². The second kappa shape index (κ2) is 28.2. The third kappa shape index (κ3) is 14.6. The van der Waals surface area contributed by atoms with E-state index in [0.29, 0.717) is 41.2 Å². The first-order chi connectivity index (χ1) is 40.8. The summed E-state index contributed by atoms with van der Waals surface area (Å²) in [5, 5.41) is 31.9. The molecule has 0 aromatic heterocycles. The molecule has 2 fully saturated rings. The third-order valence-electron chi connectivity index (χ3n) is 14.8. The quantitative estimate of drug-likeness (QED) is 0.0417. The molecule has 0 spiro atoms. The predicted octanol–water partition coefficient (Wildman–Crippen LogP) is 5.68. The van der Waals surface area contributed by atoms with Crippen LogP contribution in [0, 0.1) is 5.92 Å². The average molecular weight is 1180 g/mol. The van der Waals surface area contributed by atoms with Crippen molar-refractivity contribution in [3.05, 3.63) is 125 Å². The number of ether oxygens (including phenoxy) is 8. The number of benzene rings is 4. The van der Waals surface area contributed by atoms with Crippen LogP contribution in [-0.4, -0.2) is 166 Å². The van der Waals surface area contributed by atoms with Crippen LogP contribution in [0.25, 0.3) is 0 Å². The van der Waals surface area contributed by atoms with Gasteiger partial charge in [-0.2, -0.15) is 0 Å². The number of nitrogens with one attached hydrogen (secondary N) is 3. The number of anilines is 3. The molecule has 0 unspecified atom stereocenters. The topological polar surface area (TPSA) is 283 Å². The Hall–Kier alpha value is -8.71. The fraction of sp³-hybridized carbons (Fsp3) is 0.426. The maximum absolute atomic E-state index is 14.3. The van der Waals surface area contributed by atoms with Gasteiger partial charge in [0, 0.05) is 50.9 Å². The van der Waals surface area contributed by atoms with E-state index in [1.807, 2.05) is 6.07 Å². The van der Waals surface area contributed by atoms with Gasteiger partial charge in [-0.05, 0) is 61.1 Å². The molecule has 4 aromatic carbocycles. The molecule has 24 heteroatoms. The Kier molecular flexibility index (Phi) is 20.7. The maximum atomic E-state index is 14.3. The zero-order valence-corrected chi connectivity index (χ0v) is 48.5. The van der Waals surface area contributed by atoms with E-state index < -0.39 is 72.4 Å². The number of aliphatic hydroxyl groups is 2. The number of methoxy groups -OCH3 is 3. The zero-order chi connectivity index (χ0) is 61.1. The molecule has 0 radical (unpaired) electrons. The molecule has 4 aromatic rings. The standard InChI is InChI=1S/C61H73N7O17/c1-35(2)53(64-52(69)19-22-81-24-23-78-6)55(71)62-38(5)54(70)63-41-17-15-40(16-18-41)34-85-61(77)68-45-30-51(49(80-8)28-43(45)57(73)66-32-37(4)26-47(66)59(68)75)83-21-12-20-82-50-29-44-42(27-48(50)79-7)56(72)65-31-36(3)25-46(65)58(74)67(44)60(76)84-33-39-13-10-9-11-14-39/h9-11,13-18,27-30,35,38,46-47,53,58-59,74-75H,3-4,12,19-26,31-34H2,1-2,5-8H3,(H,62,71)(H,63,70)(H,64,69)/t38-,46-,47-,53-,58-,59-/m0/s1. The van der Waals surface area contributed by atoms with Gasteiger partial charge in [0.25, 0.3) is 11.8 Å². The van der Waals surface area contributed by atoms with Crippen LogP contribution in [0.4, 0.5) is 26.7 Å². The van der Waals surface area contributed by atoms with Crippen molar-refractivity contribution >= 4 is 58.8 Å². The van der Waals surface area contributed by atoms with Crippen molar-refractivity contribution in [2.45, 2.75) is 96.3 Å². The minimum Gasteiger partial charge on any atom is -0.493 e. The molecule has 2 saturated heterocycles. The Balaban J connectivity index is 0.920. The van der Waals surface area contributed by atoms with Gasteiger partial charge in [0.05, 0.1) is 81.8 Å². The highest BCUT2D eigenvalue weighted by Crippen LogP contribution is 2.44. The molecule has 0 aliphatic carbocycles. The van der Waals surface area contributed by atoms with Crippen molar-refractivity contribution in [1.82, 2.24) is 20.4 Å². The van der Waals surface area contributed by atoms with Crippen LogP contribution in [0.3, 0.4) is 0 Å². The highest BCUT2D eigenvalue weighted by Gasteiger charge is 2.48. The number of amides is 7. The van der Waals surface area contributed by atoms with Crippen LogP contribution in [-0.2, 0) is 46.5 Å². The summed E-state index contributed by atoms with van der Waals surface area (Å²) in [6, 6.07) is 17.6. The maximum Gasteiger partial charge on any atom is 0.416 e. The van der Waals surface area contributed by atoms with Crippen molar-refractivity contribution in [2.24, 2.45) is 5.92 Å². The minimum atomic E-state index is -1.59. The second-order valence-corrected chi connectivity index (χ2v) is 21.2. The highest BCUT2D eigenvalue weighted by molar-refractivity contribution is 6.07. The van der Waals surface area contributed by atoms with E-state index in [0.717, 1.165) is 9.80 Å². The van der Waals surface area contributed by atoms with Gasteiger partial charge in [0.2, 0.25) is 17.7 Å². The molecule has 4 aliphatic rings. The third-order valence-corrected chi connectivity index (χ3v) is 14.8. The number of fused-ring (bicyclic) bond motifs is 4. The molecule has 4 aliphatic heterocycles. The lowest BCUT2D eigenvalue weighted by Gasteiger charge is -2.31. The number of carbonyl (C=O) groups excluding carboxylic acids is 7. The Labute approximate surface area is 492 Å². The van der Waals surface area contributed by atoms with Crippen molar-refractivity contribution in [3.63, 3.8) is 0 Å². The summed E-state index contributed by atoms with van der Waals surface area (Å²) in [4.78, 5) is 101. The largest absolute Gasteiger partial charge is 0.493 e. The van der Waals surface area contributed by atoms with Crippen molar-refractivity contribution in [3.8, 4) is 23.0 Å². The lowest BCUT2D eigenvalue weighted by atomic mass is 10.0. The smallest absolute Gasteiger partial charge is 0.416 e. The van der Waals surface area contributed by atoms with Crippen LogP contribution < -0.4 is 44.7 Å². The zero-order valence-electron chi connectivity index (χ0n) is 48.5. The van der Waals surface area contributed by atoms with Crippen LogP contribution >= 0.6 is 0 Å². The highest BCUT2D eigenvalue weighted by atomic mass is 16.6. The molecule has 7 amide bonds. The molecular formula is C61H73N7O17. The summed E-state index contributed by atoms with van der Waals surface area (Å²) < 4.78 is 45.6. The van der Waals surface area contributed by atoms with Gasteiger partial charge in [-0.1, -0.05) is 80.6 Å². The Bertz CT molecular complexity index is 3140. The van der Waals surface area contributed by atoms with Crippen LogP contribution in [0.2, 0.25) is 0 Å². The van der Waals surface area contributed by atoms with E-state index in [1.54, 1.807) is 69.5 Å². The monoisotopic (exact) mass is 1180 g/mol. The molecular weight excluding hydrogens is 1100 g/mol. The number of rotatable bonds is 24. The van der Waals surface area contributed by atoms with Gasteiger partial charge in [0.1, 0.15) is 25.3 Å². The number of nitrogens with zero attached hydrogens (tertiary/aromatic N) is 4. The lowest BCUT2D eigenvalue weighted by Crippen LogP contribution is -2.53. The van der Waals surface area contributed by atoms with E-state index in [2.05, 4.69) is 29.1 Å². The molecule has 85 heavy (non-hydrogen) atoms. The molecule has 6 atom stereocenters. The Morgan fingerprint density at radius 3 is 1.61 bits per heavy atom. The fourth-order valence-corrected chi connectivity index (χ4v) is 10.3. The van der Waals surface area contributed by atoms with Crippen molar-refractivity contribution in [2.75, 3.05) is 82.6 Å². The summed E-state index contributed by atoms with van der Waals surface area (Å²) in [6.07, 6.45) is -4.23. The predicted molar refractivity (Wildman–Crippen MR) is 309 cm³/mol. The second-order valence-electron chi connectivity index (χ2n) is 21.2. The number of aliphatic hydroxyl groups excluding tert-OH is 2. The normalized spacial score (nSPS) is 18.7. The number of hydrogen-bond donors (Lipinski definition) is 5. The van der Waals surface area contributed by atoms with Gasteiger partial charge in [-0.25, -0.2) is 19.4 Å². The summed E-state index contributed by atoms with van der Waals surface area (Å²) in [6.45, 7) is 13.9. The molecule has 24 nitrogen and oxygen atoms in total. The SMILES string of the molecule is C=C1C[C@H]2[C@H](O)N(C(=O)OCc3ccccc3)c3cc(OCCCOc4cc5c(cc4OC)C(=O)N4CC(=C)C[C@H]4[C@H](O)N5C(=O)OCc4ccc(NC(=O)[C@H](C)NC(=O)[C@@H](NC(=O)CCOCCOC)C(C)C)cc4)c(OC)cc3C(=O)N2C1. The van der Waals surface area contributed by atoms with E-state index in [9.17, 15) is 43.8 Å². The van der Waals surface area contributed by atoms with Gasteiger partial charge >= 0.3 is 12.2 Å². The van der Waals surface area contributed by atoms with Crippen molar-refractivity contribution in [1.29, 1.82) is 0 Å². The van der Waals surface area contributed by atoms with Crippen LogP contribution in [0.5, 0.6) is 23.0 Å². The first-order valence-electron chi connectivity index (χ1n) is 27.8. The summed E-state index contributed by atoms with van der Waals surface area (Å²) in [5.41, 5.74) is 3.13. The molecule has 0 bridgehead atoms. The first kappa shape index (κ1) is 62.3. The average Bonchev–Trinajstić information content (AvgIpc) is 1.76. The number of hydrogen-bond acceptors (Lipinski definition) is 17. The molecule has 0 saturated carbocycles. The van der Waals surface area contributed by atoms with Crippen molar-refractivity contribution < 1.29 is 81.7 Å². The fourth-order valence-electron chi connectivity index (χ4n) is 10.3. The Morgan fingerprint density at radius 2 is 1.13 bits per heavy atom. The van der Waals surface area contributed by atoms with E-state index >= 15 is 0 Å². The molecule has 4 heterocycles. The first-order valence-corrected chi connectivity index (χ1v) is 27.8. The summed E-state index contributed by atoms with van der Waals surface area (Å²) in [5.74, 6) is -2.07. The van der Waals surface area contributed by atoms with Crippen LogP contribution in [0.1, 0.15) is 78.3 Å². The number of carbonyl (C=O) groups is 7. The lowest BCUT2D eigenvalue weighted by molar-refractivity contribution is -0.132. The van der Waals surface area contributed by atoms with Gasteiger partial charge in [-0.3, -0.25) is 24.0 Å². The molecule has 454 valence electrons. The summed E-state index contributed by atoms with van der Waals surface area (Å²) >= 11 is 0. The van der Waals surface area contributed by atoms with Crippen LogP contribution in [0.15, 0.2) is 103 Å². The van der Waals surface area contributed by atoms with E-state index in [1.165, 1.54) is 55.2 Å². The molecule has 5 N–H and O–H groups in total. The summed E-state index contributed by atoms with van der Waals surface area (Å²) in [7, 11) is 4.33. The Morgan fingerprint density at radius 1 is 0.624 bits per heavy atom. The van der Waals surface area contributed by atoms with Gasteiger partial charge < -0.3 is 73.9 Å².